The van der Waals surface area contributed by atoms with E-state index in [2.05, 4.69) is 14.8 Å². The number of anilines is 2. The molecule has 2 aromatic heterocycles. The maximum atomic E-state index is 11.4. The molecule has 8 heteroatoms. The van der Waals surface area contributed by atoms with Gasteiger partial charge >= 0.3 is 6.16 Å². The van der Waals surface area contributed by atoms with Gasteiger partial charge in [-0.25, -0.2) is 14.3 Å². The van der Waals surface area contributed by atoms with Crippen molar-refractivity contribution >= 4 is 23.2 Å². The molecule has 1 aromatic carbocycles. The fraction of sp³-hybridized carbons (Fsp3) is 0.235. The number of aryl methyl sites for hydroxylation is 2. The SMILES string of the molecule is COC(=O)Oc1cn2ncnc(N(C)c3ccc(C)c(O)c3)c2c1C. The monoisotopic (exact) mass is 342 g/mol. The Morgan fingerprint density at radius 3 is 2.76 bits per heavy atom. The van der Waals surface area contributed by atoms with Gasteiger partial charge in [0.2, 0.25) is 0 Å². The molecule has 1 N–H and O–H groups in total. The minimum absolute atomic E-state index is 0.205. The van der Waals surface area contributed by atoms with Gasteiger partial charge in [0, 0.05) is 24.4 Å². The Morgan fingerprint density at radius 2 is 2.08 bits per heavy atom. The Bertz CT molecular complexity index is 951. The molecule has 0 bridgehead atoms. The van der Waals surface area contributed by atoms with E-state index in [4.69, 9.17) is 4.74 Å². The van der Waals surface area contributed by atoms with Gasteiger partial charge in [-0.15, -0.1) is 0 Å². The molecule has 0 aliphatic heterocycles. The van der Waals surface area contributed by atoms with E-state index in [9.17, 15) is 9.90 Å². The van der Waals surface area contributed by atoms with Gasteiger partial charge in [-0.05, 0) is 25.5 Å². The molecule has 2 heterocycles. The lowest BCUT2D eigenvalue weighted by molar-refractivity contribution is 0.121. The van der Waals surface area contributed by atoms with Crippen molar-refractivity contribution in [3.05, 3.63) is 41.9 Å². The van der Waals surface area contributed by atoms with Gasteiger partial charge in [0.05, 0.1) is 13.3 Å². The Labute approximate surface area is 144 Å². The highest BCUT2D eigenvalue weighted by molar-refractivity contribution is 5.81. The first-order chi connectivity index (χ1) is 11.9. The van der Waals surface area contributed by atoms with Crippen molar-refractivity contribution in [3.63, 3.8) is 0 Å². The van der Waals surface area contributed by atoms with Crippen LogP contribution in [0.25, 0.3) is 5.52 Å². The van der Waals surface area contributed by atoms with Crippen LogP contribution in [0, 0.1) is 13.8 Å². The molecule has 25 heavy (non-hydrogen) atoms. The smallest absolute Gasteiger partial charge is 0.508 e. The number of aromatic nitrogens is 3. The van der Waals surface area contributed by atoms with Gasteiger partial charge < -0.3 is 19.5 Å². The van der Waals surface area contributed by atoms with Gasteiger partial charge in [0.25, 0.3) is 0 Å². The Balaban J connectivity index is 2.09. The summed E-state index contributed by atoms with van der Waals surface area (Å²) in [5.41, 5.74) is 2.94. The molecule has 0 amide bonds. The second kappa shape index (κ2) is 6.31. The zero-order valence-corrected chi connectivity index (χ0v) is 14.3. The lowest BCUT2D eigenvalue weighted by atomic mass is 10.2. The molecular weight excluding hydrogens is 324 g/mol. The van der Waals surface area contributed by atoms with Crippen molar-refractivity contribution in [2.45, 2.75) is 13.8 Å². The number of fused-ring (bicyclic) bond motifs is 1. The lowest BCUT2D eigenvalue weighted by Gasteiger charge is -2.20. The van der Waals surface area contributed by atoms with Crippen molar-refractivity contribution in [1.82, 2.24) is 14.6 Å². The van der Waals surface area contributed by atoms with Gasteiger partial charge in [-0.3, -0.25) is 0 Å². The van der Waals surface area contributed by atoms with Gasteiger partial charge in [-0.1, -0.05) is 6.07 Å². The van der Waals surface area contributed by atoms with E-state index in [1.165, 1.54) is 13.4 Å². The Morgan fingerprint density at radius 1 is 1.32 bits per heavy atom. The number of phenolic OH excluding ortho intramolecular Hbond substituents is 1. The van der Waals surface area contributed by atoms with Crippen molar-refractivity contribution in [2.24, 2.45) is 0 Å². The zero-order valence-electron chi connectivity index (χ0n) is 14.3. The molecule has 0 spiro atoms. The van der Waals surface area contributed by atoms with Crippen molar-refractivity contribution in [2.75, 3.05) is 19.1 Å². The average molecular weight is 342 g/mol. The van der Waals surface area contributed by atoms with Crippen molar-refractivity contribution < 1.29 is 19.4 Å². The highest BCUT2D eigenvalue weighted by Crippen LogP contribution is 2.34. The first-order valence-electron chi connectivity index (χ1n) is 7.54. The van der Waals surface area contributed by atoms with Crippen LogP contribution in [0.1, 0.15) is 11.1 Å². The van der Waals surface area contributed by atoms with Crippen molar-refractivity contribution in [1.29, 1.82) is 0 Å². The normalized spacial score (nSPS) is 10.7. The molecule has 0 unspecified atom stereocenters. The zero-order chi connectivity index (χ0) is 18.1. The summed E-state index contributed by atoms with van der Waals surface area (Å²) in [4.78, 5) is 17.6. The molecule has 8 nitrogen and oxygen atoms in total. The number of carbonyl (C=O) groups is 1. The fourth-order valence-electron chi connectivity index (χ4n) is 2.53. The molecule has 3 rings (SSSR count). The number of hydrogen-bond acceptors (Lipinski definition) is 7. The minimum Gasteiger partial charge on any atom is -0.508 e. The second-order valence-electron chi connectivity index (χ2n) is 5.58. The standard InChI is InChI=1S/C17H18N4O4/c1-10-5-6-12(7-13(10)22)20(3)16-15-11(2)14(25-17(23)24-4)8-21(15)19-9-18-16/h5-9,22H,1-4H3. The van der Waals surface area contributed by atoms with Crippen LogP contribution < -0.4 is 9.64 Å². The summed E-state index contributed by atoms with van der Waals surface area (Å²) >= 11 is 0. The summed E-state index contributed by atoms with van der Waals surface area (Å²) in [6.45, 7) is 3.64. The lowest BCUT2D eigenvalue weighted by Crippen LogP contribution is -2.13. The molecule has 0 saturated carbocycles. The third-order valence-corrected chi connectivity index (χ3v) is 4.02. The number of aromatic hydroxyl groups is 1. The number of nitrogens with zero attached hydrogens (tertiary/aromatic N) is 4. The maximum Gasteiger partial charge on any atom is 0.513 e. The van der Waals surface area contributed by atoms with Crippen LogP contribution in [-0.4, -0.2) is 40.0 Å². The van der Waals surface area contributed by atoms with Crippen LogP contribution in [0.15, 0.2) is 30.7 Å². The van der Waals surface area contributed by atoms with E-state index in [1.54, 1.807) is 23.7 Å². The second-order valence-corrected chi connectivity index (χ2v) is 5.58. The molecule has 0 radical (unpaired) electrons. The predicted octanol–water partition coefficient (Wildman–Crippen LogP) is 2.96. The van der Waals surface area contributed by atoms with Gasteiger partial charge in [0.15, 0.2) is 11.6 Å². The summed E-state index contributed by atoms with van der Waals surface area (Å²) in [7, 11) is 3.08. The molecular formula is C17H18N4O4. The predicted molar refractivity (Wildman–Crippen MR) is 91.7 cm³/mol. The van der Waals surface area contributed by atoms with E-state index < -0.39 is 6.16 Å². The number of benzene rings is 1. The molecule has 130 valence electrons. The van der Waals surface area contributed by atoms with Crippen LogP contribution in [0.4, 0.5) is 16.3 Å². The van der Waals surface area contributed by atoms with Crippen LogP contribution >= 0.6 is 0 Å². The van der Waals surface area contributed by atoms with Gasteiger partial charge in [-0.2, -0.15) is 5.10 Å². The molecule has 0 atom stereocenters. The number of carbonyl (C=O) groups excluding carboxylic acids is 1. The topological polar surface area (TPSA) is 89.2 Å². The highest BCUT2D eigenvalue weighted by atomic mass is 16.7. The average Bonchev–Trinajstić information content (AvgIpc) is 2.92. The van der Waals surface area contributed by atoms with E-state index in [0.29, 0.717) is 22.6 Å². The Hall–Kier alpha value is -3.29. The van der Waals surface area contributed by atoms with Gasteiger partial charge in [0.1, 0.15) is 17.6 Å². The number of phenols is 1. The number of ether oxygens (including phenoxy) is 2. The van der Waals surface area contributed by atoms with Crippen LogP contribution in [-0.2, 0) is 4.74 Å². The summed E-state index contributed by atoms with van der Waals surface area (Å²) in [5.74, 6) is 1.15. The summed E-state index contributed by atoms with van der Waals surface area (Å²) in [6.07, 6.45) is 2.20. The first kappa shape index (κ1) is 16.6. The third-order valence-electron chi connectivity index (χ3n) is 4.02. The van der Waals surface area contributed by atoms with Crippen LogP contribution in [0.5, 0.6) is 11.5 Å². The van der Waals surface area contributed by atoms with Crippen LogP contribution in [0.2, 0.25) is 0 Å². The summed E-state index contributed by atoms with van der Waals surface area (Å²) in [6, 6.07) is 5.38. The molecule has 0 aliphatic carbocycles. The van der Waals surface area contributed by atoms with E-state index in [1.807, 2.05) is 31.0 Å². The number of rotatable bonds is 3. The quantitative estimate of drug-likeness (QED) is 0.732. The van der Waals surface area contributed by atoms with E-state index >= 15 is 0 Å². The summed E-state index contributed by atoms with van der Waals surface area (Å²) < 4.78 is 11.3. The maximum absolute atomic E-state index is 11.4. The van der Waals surface area contributed by atoms with E-state index in [-0.39, 0.29) is 5.75 Å². The highest BCUT2D eigenvalue weighted by Gasteiger charge is 2.19. The number of methoxy groups -OCH3 is 1. The fourth-order valence-corrected chi connectivity index (χ4v) is 2.53. The Kier molecular flexibility index (Phi) is 4.18. The minimum atomic E-state index is -0.801. The molecule has 0 saturated heterocycles. The van der Waals surface area contributed by atoms with Crippen molar-refractivity contribution in [3.8, 4) is 11.5 Å². The molecule has 3 aromatic rings. The number of hydrogen-bond donors (Lipinski definition) is 1. The van der Waals surface area contributed by atoms with E-state index in [0.717, 1.165) is 11.3 Å². The molecule has 0 aliphatic rings. The summed E-state index contributed by atoms with van der Waals surface area (Å²) in [5, 5.41) is 14.1. The molecule has 0 fully saturated rings. The first-order valence-corrected chi connectivity index (χ1v) is 7.54. The largest absolute Gasteiger partial charge is 0.513 e. The third kappa shape index (κ3) is 2.93. The van der Waals surface area contributed by atoms with Crippen LogP contribution in [0.3, 0.4) is 0 Å².